The first kappa shape index (κ1) is 20.6. The second kappa shape index (κ2) is 8.78. The highest BCUT2D eigenvalue weighted by molar-refractivity contribution is 7.89. The van der Waals surface area contributed by atoms with Gasteiger partial charge in [-0.25, -0.2) is 13.2 Å². The molecule has 10 heteroatoms. The average Bonchev–Trinajstić information content (AvgIpc) is 3.09. The van der Waals surface area contributed by atoms with E-state index < -0.39 is 33.2 Å². The number of ether oxygens (including phenoxy) is 2. The molecule has 0 saturated carbocycles. The van der Waals surface area contributed by atoms with E-state index in [1.54, 1.807) is 18.2 Å². The number of carbonyl (C=O) groups is 1. The molecule has 1 aromatic carbocycles. The number of nitro benzene ring substituents is 1. The first-order valence-electron chi connectivity index (χ1n) is 8.09. The minimum Gasteiger partial charge on any atom is -0.438 e. The van der Waals surface area contributed by atoms with Gasteiger partial charge in [0.25, 0.3) is 5.69 Å². The topological polar surface area (TPSA) is 116 Å². The second-order valence-corrected chi connectivity index (χ2v) is 7.63. The van der Waals surface area contributed by atoms with Crippen LogP contribution >= 0.6 is 0 Å². The number of sulfonamides is 1. The van der Waals surface area contributed by atoms with E-state index in [1.807, 2.05) is 0 Å². The number of rotatable bonds is 8. The number of hydrogen-bond donors (Lipinski definition) is 0. The van der Waals surface area contributed by atoms with E-state index in [9.17, 15) is 23.3 Å². The van der Waals surface area contributed by atoms with Crippen molar-refractivity contribution in [2.45, 2.75) is 29.9 Å². The maximum Gasteiger partial charge on any atom is 0.508 e. The van der Waals surface area contributed by atoms with E-state index in [0.717, 1.165) is 12.1 Å². The third kappa shape index (κ3) is 4.92. The molecule has 0 bridgehead atoms. The van der Waals surface area contributed by atoms with E-state index in [0.29, 0.717) is 6.42 Å². The Labute approximate surface area is 157 Å². The molecule has 1 aliphatic rings. The van der Waals surface area contributed by atoms with Crippen LogP contribution in [0.2, 0.25) is 0 Å². The van der Waals surface area contributed by atoms with E-state index in [4.69, 9.17) is 4.74 Å². The highest BCUT2D eigenvalue weighted by Crippen LogP contribution is 2.27. The van der Waals surface area contributed by atoms with Gasteiger partial charge in [-0.1, -0.05) is 12.2 Å². The summed E-state index contributed by atoms with van der Waals surface area (Å²) in [5.41, 5.74) is -0.195. The first-order valence-corrected chi connectivity index (χ1v) is 9.53. The summed E-state index contributed by atoms with van der Waals surface area (Å²) >= 11 is 0. The van der Waals surface area contributed by atoms with Gasteiger partial charge in [-0.05, 0) is 24.6 Å². The maximum absolute atomic E-state index is 13.0. The number of methoxy groups -OCH3 is 1. The Hall–Kier alpha value is -2.72. The van der Waals surface area contributed by atoms with Crippen molar-refractivity contribution in [1.29, 1.82) is 0 Å². The third-order valence-corrected chi connectivity index (χ3v) is 5.95. The molecule has 0 N–H and O–H groups in total. The normalized spacial score (nSPS) is 19.0. The van der Waals surface area contributed by atoms with Gasteiger partial charge in [0, 0.05) is 31.1 Å². The molecule has 0 fully saturated rings. The molecular weight excluding hydrogens is 376 g/mol. The Morgan fingerprint density at radius 2 is 2.04 bits per heavy atom. The predicted molar refractivity (Wildman–Crippen MR) is 96.6 cm³/mol. The van der Waals surface area contributed by atoms with Gasteiger partial charge < -0.3 is 9.47 Å². The van der Waals surface area contributed by atoms with Crippen LogP contribution in [0.1, 0.15) is 12.8 Å². The van der Waals surface area contributed by atoms with Gasteiger partial charge in [0.1, 0.15) is 6.10 Å². The average molecular weight is 396 g/mol. The molecule has 1 aliphatic carbocycles. The zero-order valence-corrected chi connectivity index (χ0v) is 15.5. The van der Waals surface area contributed by atoms with Gasteiger partial charge in [-0.15, -0.1) is 6.58 Å². The van der Waals surface area contributed by atoms with Crippen LogP contribution in [0.15, 0.2) is 54.0 Å². The van der Waals surface area contributed by atoms with Crippen LogP contribution in [0.5, 0.6) is 0 Å². The summed E-state index contributed by atoms with van der Waals surface area (Å²) in [6, 6.07) is 4.17. The molecule has 0 aromatic heterocycles. The van der Waals surface area contributed by atoms with Gasteiger partial charge in [0.05, 0.1) is 16.9 Å². The molecule has 0 radical (unpaired) electrons. The van der Waals surface area contributed by atoms with Crippen molar-refractivity contribution in [3.05, 3.63) is 59.2 Å². The summed E-state index contributed by atoms with van der Waals surface area (Å²) in [5, 5.41) is 10.8. The van der Waals surface area contributed by atoms with E-state index in [2.05, 4.69) is 11.3 Å². The molecular formula is C17H20N2O7S. The van der Waals surface area contributed by atoms with Gasteiger partial charge in [-0.3, -0.25) is 10.1 Å². The molecule has 2 atom stereocenters. The Kier molecular flexibility index (Phi) is 6.70. The fourth-order valence-electron chi connectivity index (χ4n) is 2.68. The number of carbonyl (C=O) groups excluding carboxylic acids is 1. The Morgan fingerprint density at radius 3 is 2.59 bits per heavy atom. The monoisotopic (exact) mass is 396 g/mol. The number of benzene rings is 1. The minimum atomic E-state index is -3.92. The van der Waals surface area contributed by atoms with Gasteiger partial charge in [0.2, 0.25) is 10.0 Å². The summed E-state index contributed by atoms with van der Waals surface area (Å²) in [6.45, 7) is 3.78. The quantitative estimate of drug-likeness (QED) is 0.287. The molecule has 146 valence electrons. The van der Waals surface area contributed by atoms with Crippen LogP contribution in [0.4, 0.5) is 10.5 Å². The van der Waals surface area contributed by atoms with Gasteiger partial charge in [-0.2, -0.15) is 4.31 Å². The molecule has 2 rings (SSSR count). The van der Waals surface area contributed by atoms with Crippen LogP contribution in [-0.2, 0) is 19.5 Å². The number of non-ortho nitro benzene ring substituents is 1. The molecule has 0 saturated heterocycles. The Morgan fingerprint density at radius 1 is 1.37 bits per heavy atom. The van der Waals surface area contributed by atoms with Crippen molar-refractivity contribution in [2.24, 2.45) is 0 Å². The lowest BCUT2D eigenvalue weighted by molar-refractivity contribution is -0.384. The molecule has 1 aromatic rings. The van der Waals surface area contributed by atoms with Crippen molar-refractivity contribution >= 4 is 21.9 Å². The van der Waals surface area contributed by atoms with Crippen molar-refractivity contribution < 1.29 is 27.6 Å². The lowest BCUT2D eigenvalue weighted by Gasteiger charge is -2.27. The van der Waals surface area contributed by atoms with E-state index in [-0.39, 0.29) is 23.5 Å². The Balaban J connectivity index is 2.24. The molecule has 9 nitrogen and oxygen atoms in total. The predicted octanol–water partition coefficient (Wildman–Crippen LogP) is 2.64. The largest absolute Gasteiger partial charge is 0.508 e. The van der Waals surface area contributed by atoms with E-state index >= 15 is 0 Å². The third-order valence-electron chi connectivity index (χ3n) is 4.01. The summed E-state index contributed by atoms with van der Waals surface area (Å²) in [4.78, 5) is 21.4. The van der Waals surface area contributed by atoms with Crippen molar-refractivity contribution in [3.63, 3.8) is 0 Å². The molecule has 0 amide bonds. The maximum atomic E-state index is 13.0. The summed E-state index contributed by atoms with van der Waals surface area (Å²) in [6.07, 6.45) is 4.08. The summed E-state index contributed by atoms with van der Waals surface area (Å²) < 4.78 is 36.9. The lowest BCUT2D eigenvalue weighted by atomic mass is 10.2. The van der Waals surface area contributed by atoms with Crippen LogP contribution in [-0.4, -0.2) is 49.6 Å². The fourth-order valence-corrected chi connectivity index (χ4v) is 4.29. The molecule has 27 heavy (non-hydrogen) atoms. The lowest BCUT2D eigenvalue weighted by Crippen LogP contribution is -2.40. The van der Waals surface area contributed by atoms with Crippen molar-refractivity contribution in [3.8, 4) is 0 Å². The highest BCUT2D eigenvalue weighted by atomic mass is 32.2. The van der Waals surface area contributed by atoms with Crippen molar-refractivity contribution in [2.75, 3.05) is 13.7 Å². The van der Waals surface area contributed by atoms with Gasteiger partial charge >= 0.3 is 6.16 Å². The second-order valence-electron chi connectivity index (χ2n) is 5.74. The highest BCUT2D eigenvalue weighted by Gasteiger charge is 2.34. The number of nitrogens with zero attached hydrogens (tertiary/aromatic N) is 2. The standard InChI is InChI=1S/C17H20N2O7S/c1-3-4-11-18(14-5-8-15(12-14)26-17(20)25-2)27(23,24)16-9-6-13(7-10-16)19(21)22/h3,5-10,14-15H,1,4,11-12H2,2H3/t14-,15+/m1/s1. The molecule has 0 heterocycles. The van der Waals surface area contributed by atoms with Crippen molar-refractivity contribution in [1.82, 2.24) is 4.31 Å². The van der Waals surface area contributed by atoms with Gasteiger partial charge in [0.15, 0.2) is 0 Å². The smallest absolute Gasteiger partial charge is 0.438 e. The van der Waals surface area contributed by atoms with E-state index in [1.165, 1.54) is 23.5 Å². The number of nitro groups is 1. The van der Waals surface area contributed by atoms with Crippen LogP contribution < -0.4 is 0 Å². The number of hydrogen-bond acceptors (Lipinski definition) is 7. The summed E-state index contributed by atoms with van der Waals surface area (Å²) in [5.74, 6) is 0. The van der Waals surface area contributed by atoms with Crippen LogP contribution in [0, 0.1) is 10.1 Å². The SMILES string of the molecule is C=CCCN([C@@H]1C=C[C@H](OC(=O)OC)C1)S(=O)(=O)c1ccc([N+](=O)[O-])cc1. The zero-order valence-electron chi connectivity index (χ0n) is 14.7. The molecule has 0 spiro atoms. The fraction of sp³-hybridized carbons (Fsp3) is 0.353. The molecule has 0 aliphatic heterocycles. The zero-order chi connectivity index (χ0) is 20.0. The van der Waals surface area contributed by atoms with Crippen LogP contribution in [0.3, 0.4) is 0 Å². The Bertz CT molecular complexity index is 833. The molecule has 0 unspecified atom stereocenters. The minimum absolute atomic E-state index is 0.0529. The first-order chi connectivity index (χ1) is 12.8. The summed E-state index contributed by atoms with van der Waals surface area (Å²) in [7, 11) is -2.73. The van der Waals surface area contributed by atoms with Crippen LogP contribution in [0.25, 0.3) is 0 Å².